The minimum absolute atomic E-state index is 0.0155. The molecule has 0 amide bonds. The fourth-order valence-corrected chi connectivity index (χ4v) is 2.48. The molecule has 0 radical (unpaired) electrons. The van der Waals surface area contributed by atoms with Gasteiger partial charge in [-0.15, -0.1) is 0 Å². The molecule has 0 aromatic heterocycles. The lowest BCUT2D eigenvalue weighted by Gasteiger charge is -2.17. The largest absolute Gasteiger partial charge is 0.394 e. The molecule has 0 aliphatic carbocycles. The Labute approximate surface area is 127 Å². The van der Waals surface area contributed by atoms with Crippen LogP contribution in [-0.4, -0.2) is 11.7 Å². The van der Waals surface area contributed by atoms with Crippen molar-refractivity contribution in [1.29, 1.82) is 0 Å². The van der Waals surface area contributed by atoms with Gasteiger partial charge in [0.15, 0.2) is 0 Å². The number of aliphatic hydroxyl groups is 1. The third-order valence-electron chi connectivity index (χ3n) is 3.60. The van der Waals surface area contributed by atoms with Crippen LogP contribution in [-0.2, 0) is 13.0 Å². The van der Waals surface area contributed by atoms with Crippen LogP contribution in [0.3, 0.4) is 0 Å². The molecule has 112 valence electrons. The molecule has 0 saturated carbocycles. The molecule has 2 N–H and O–H groups in total. The highest BCUT2D eigenvalue weighted by Crippen LogP contribution is 2.16. The molecule has 2 aromatic rings. The van der Waals surface area contributed by atoms with Crippen molar-refractivity contribution in [2.24, 2.45) is 5.92 Å². The molecule has 0 aliphatic rings. The molecule has 1 unspecified atom stereocenters. The van der Waals surface area contributed by atoms with E-state index < -0.39 is 0 Å². The highest BCUT2D eigenvalue weighted by atomic mass is 16.3. The molecule has 2 nitrogen and oxygen atoms in total. The summed E-state index contributed by atoms with van der Waals surface area (Å²) in [5.41, 5.74) is 3.72. The Morgan fingerprint density at radius 2 is 1.57 bits per heavy atom. The van der Waals surface area contributed by atoms with Gasteiger partial charge in [-0.2, -0.15) is 0 Å². The van der Waals surface area contributed by atoms with Gasteiger partial charge in [-0.05, 0) is 29.0 Å². The fourth-order valence-electron chi connectivity index (χ4n) is 2.48. The minimum atomic E-state index is -0.0155. The van der Waals surface area contributed by atoms with Crippen LogP contribution in [0.1, 0.15) is 36.6 Å². The van der Waals surface area contributed by atoms with Crippen molar-refractivity contribution in [1.82, 2.24) is 5.32 Å². The van der Waals surface area contributed by atoms with Gasteiger partial charge in [0.05, 0.1) is 12.6 Å². The van der Waals surface area contributed by atoms with Crippen LogP contribution in [0.25, 0.3) is 0 Å². The average molecular weight is 283 g/mol. The number of rotatable bonds is 7. The van der Waals surface area contributed by atoms with Crippen LogP contribution >= 0.6 is 0 Å². The Bertz CT molecular complexity index is 519. The first-order chi connectivity index (χ1) is 10.2. The predicted octanol–water partition coefficient (Wildman–Crippen LogP) is 3.71. The summed E-state index contributed by atoms with van der Waals surface area (Å²) in [6, 6.07) is 18.8. The van der Waals surface area contributed by atoms with E-state index in [1.54, 1.807) is 0 Å². The maximum atomic E-state index is 9.61. The van der Waals surface area contributed by atoms with E-state index in [0.717, 1.165) is 18.5 Å². The van der Waals surface area contributed by atoms with E-state index >= 15 is 0 Å². The summed E-state index contributed by atoms with van der Waals surface area (Å²) in [7, 11) is 0. The van der Waals surface area contributed by atoms with Gasteiger partial charge in [-0.25, -0.2) is 0 Å². The summed E-state index contributed by atoms with van der Waals surface area (Å²) in [4.78, 5) is 0. The standard InChI is InChI=1S/C19H25NO/c1-15(2)12-16-8-10-18(11-9-16)19(14-21)20-13-17-6-4-3-5-7-17/h3-11,15,19-21H,12-14H2,1-2H3. The molecule has 0 spiro atoms. The molecule has 0 saturated heterocycles. The Hall–Kier alpha value is -1.64. The van der Waals surface area contributed by atoms with Crippen LogP contribution in [0.15, 0.2) is 54.6 Å². The highest BCUT2D eigenvalue weighted by Gasteiger charge is 2.09. The maximum absolute atomic E-state index is 9.61. The van der Waals surface area contributed by atoms with Crippen LogP contribution in [0.5, 0.6) is 0 Å². The van der Waals surface area contributed by atoms with Crippen molar-refractivity contribution < 1.29 is 5.11 Å². The van der Waals surface area contributed by atoms with Gasteiger partial charge in [0.2, 0.25) is 0 Å². The molecule has 1 atom stereocenters. The number of hydrogen-bond donors (Lipinski definition) is 2. The third-order valence-corrected chi connectivity index (χ3v) is 3.60. The third kappa shape index (κ3) is 5.00. The smallest absolute Gasteiger partial charge is 0.0626 e. The fraction of sp³-hybridized carbons (Fsp3) is 0.368. The van der Waals surface area contributed by atoms with Crippen molar-refractivity contribution >= 4 is 0 Å². The van der Waals surface area contributed by atoms with Crippen molar-refractivity contribution in [3.05, 3.63) is 71.3 Å². The summed E-state index contributed by atoms with van der Waals surface area (Å²) < 4.78 is 0. The van der Waals surface area contributed by atoms with E-state index in [0.29, 0.717) is 5.92 Å². The first kappa shape index (κ1) is 15.7. The molecule has 2 rings (SSSR count). The molecule has 21 heavy (non-hydrogen) atoms. The van der Waals surface area contributed by atoms with Gasteiger partial charge in [-0.3, -0.25) is 0 Å². The van der Waals surface area contributed by atoms with Gasteiger partial charge in [-0.1, -0.05) is 68.4 Å². The minimum Gasteiger partial charge on any atom is -0.394 e. The van der Waals surface area contributed by atoms with E-state index in [1.807, 2.05) is 18.2 Å². The van der Waals surface area contributed by atoms with E-state index in [9.17, 15) is 5.11 Å². The zero-order valence-electron chi connectivity index (χ0n) is 12.9. The molecule has 0 heterocycles. The maximum Gasteiger partial charge on any atom is 0.0626 e. The van der Waals surface area contributed by atoms with E-state index in [1.165, 1.54) is 11.1 Å². The number of nitrogens with one attached hydrogen (secondary N) is 1. The summed E-state index contributed by atoms with van der Waals surface area (Å²) in [5, 5.41) is 13.0. The van der Waals surface area contributed by atoms with Gasteiger partial charge in [0.1, 0.15) is 0 Å². The summed E-state index contributed by atoms with van der Waals surface area (Å²) in [6.07, 6.45) is 1.10. The second-order valence-electron chi connectivity index (χ2n) is 5.94. The van der Waals surface area contributed by atoms with Crippen molar-refractivity contribution in [2.75, 3.05) is 6.61 Å². The monoisotopic (exact) mass is 283 g/mol. The van der Waals surface area contributed by atoms with E-state index in [2.05, 4.69) is 55.6 Å². The normalized spacial score (nSPS) is 12.6. The van der Waals surface area contributed by atoms with Crippen LogP contribution < -0.4 is 5.32 Å². The summed E-state index contributed by atoms with van der Waals surface area (Å²) in [5.74, 6) is 0.667. The van der Waals surface area contributed by atoms with Gasteiger partial charge < -0.3 is 10.4 Å². The lowest BCUT2D eigenvalue weighted by atomic mass is 9.99. The number of benzene rings is 2. The Balaban J connectivity index is 1.97. The highest BCUT2D eigenvalue weighted by molar-refractivity contribution is 5.26. The van der Waals surface area contributed by atoms with Crippen LogP contribution in [0.2, 0.25) is 0 Å². The average Bonchev–Trinajstić information content (AvgIpc) is 2.50. The number of hydrogen-bond acceptors (Lipinski definition) is 2. The lowest BCUT2D eigenvalue weighted by molar-refractivity contribution is 0.243. The Morgan fingerprint density at radius 1 is 0.905 bits per heavy atom. The summed E-state index contributed by atoms with van der Waals surface area (Å²) in [6.45, 7) is 5.33. The van der Waals surface area contributed by atoms with E-state index in [-0.39, 0.29) is 12.6 Å². The number of aliphatic hydroxyl groups excluding tert-OH is 1. The van der Waals surface area contributed by atoms with E-state index in [4.69, 9.17) is 0 Å². The zero-order valence-corrected chi connectivity index (χ0v) is 12.9. The molecule has 2 heteroatoms. The topological polar surface area (TPSA) is 32.3 Å². The molecule has 0 aliphatic heterocycles. The molecule has 0 fully saturated rings. The SMILES string of the molecule is CC(C)Cc1ccc(C(CO)NCc2ccccc2)cc1. The van der Waals surface area contributed by atoms with Gasteiger partial charge in [0, 0.05) is 6.54 Å². The Kier molecular flexibility index (Phi) is 5.97. The van der Waals surface area contributed by atoms with Crippen molar-refractivity contribution in [3.63, 3.8) is 0 Å². The zero-order chi connectivity index (χ0) is 15.1. The first-order valence-electron chi connectivity index (χ1n) is 7.66. The van der Waals surface area contributed by atoms with Crippen molar-refractivity contribution in [2.45, 2.75) is 32.9 Å². The second-order valence-corrected chi connectivity index (χ2v) is 5.94. The van der Waals surface area contributed by atoms with Gasteiger partial charge >= 0.3 is 0 Å². The second kappa shape index (κ2) is 7.96. The van der Waals surface area contributed by atoms with Gasteiger partial charge in [0.25, 0.3) is 0 Å². The quantitative estimate of drug-likeness (QED) is 0.812. The van der Waals surface area contributed by atoms with Crippen LogP contribution in [0.4, 0.5) is 0 Å². The van der Waals surface area contributed by atoms with Crippen LogP contribution in [0, 0.1) is 5.92 Å². The molecular formula is C19H25NO. The molecule has 2 aromatic carbocycles. The first-order valence-corrected chi connectivity index (χ1v) is 7.66. The molecule has 0 bridgehead atoms. The summed E-state index contributed by atoms with van der Waals surface area (Å²) >= 11 is 0. The van der Waals surface area contributed by atoms with Crippen molar-refractivity contribution in [3.8, 4) is 0 Å². The molecular weight excluding hydrogens is 258 g/mol. The lowest BCUT2D eigenvalue weighted by Crippen LogP contribution is -2.24. The Morgan fingerprint density at radius 3 is 2.14 bits per heavy atom. The predicted molar refractivity (Wildman–Crippen MR) is 88.1 cm³/mol.